The van der Waals surface area contributed by atoms with E-state index in [9.17, 15) is 4.79 Å². The quantitative estimate of drug-likeness (QED) is 0.671. The first kappa shape index (κ1) is 17.6. The number of ether oxygens (including phenoxy) is 1. The lowest BCUT2D eigenvalue weighted by Gasteiger charge is -2.20. The molecule has 0 amide bonds. The Morgan fingerprint density at radius 1 is 1.27 bits per heavy atom. The third-order valence-corrected chi connectivity index (χ3v) is 5.88. The highest BCUT2D eigenvalue weighted by molar-refractivity contribution is 5.83. The number of carbonyl (C=O) groups excluding carboxylic acids is 1. The first-order chi connectivity index (χ1) is 12.7. The van der Waals surface area contributed by atoms with Gasteiger partial charge < -0.3 is 4.74 Å². The first-order valence-corrected chi connectivity index (χ1v) is 10.1. The molecule has 2 aliphatic carbocycles. The monoisotopic (exact) mass is 353 g/mol. The third-order valence-electron chi connectivity index (χ3n) is 5.88. The van der Waals surface area contributed by atoms with E-state index in [-0.39, 0.29) is 5.97 Å². The number of esters is 1. The second-order valence-electron chi connectivity index (χ2n) is 7.91. The highest BCUT2D eigenvalue weighted by Gasteiger charge is 2.24. The zero-order chi connectivity index (χ0) is 17.9. The number of hydrogen-bond donors (Lipinski definition) is 0. The lowest BCUT2D eigenvalue weighted by molar-refractivity contribution is -0.140. The van der Waals surface area contributed by atoms with Gasteiger partial charge in [0.25, 0.3) is 0 Å². The Morgan fingerprint density at radius 3 is 2.81 bits per heavy atom. The van der Waals surface area contributed by atoms with Gasteiger partial charge in [-0.15, -0.1) is 0 Å². The van der Waals surface area contributed by atoms with E-state index in [1.807, 2.05) is 0 Å². The van der Waals surface area contributed by atoms with Crippen LogP contribution in [0.1, 0.15) is 68.5 Å². The molecule has 0 bridgehead atoms. The van der Waals surface area contributed by atoms with Crippen LogP contribution in [0.25, 0.3) is 10.9 Å². The molecule has 2 saturated carbocycles. The summed E-state index contributed by atoms with van der Waals surface area (Å²) >= 11 is 0. The molecule has 0 N–H and O–H groups in total. The standard InChI is InChI=1S/C22H29N2O2/c1-26-21(25)8-5-13-24-20-15-17(14-16-9-10-16)11-12-19(20)22(23-24)18-6-3-2-4-7-18/h9,11-12,15-16,18H,2-8,10,13-14H2,1H3. The molecule has 1 heterocycles. The van der Waals surface area contributed by atoms with Crippen molar-refractivity contribution >= 4 is 16.9 Å². The van der Waals surface area contributed by atoms with Crippen molar-refractivity contribution in [1.82, 2.24) is 9.78 Å². The Labute approximate surface area is 155 Å². The van der Waals surface area contributed by atoms with E-state index in [0.717, 1.165) is 25.3 Å². The topological polar surface area (TPSA) is 44.1 Å². The summed E-state index contributed by atoms with van der Waals surface area (Å²) in [6.07, 6.45) is 12.5. The van der Waals surface area contributed by atoms with Crippen LogP contribution in [0.5, 0.6) is 0 Å². The van der Waals surface area contributed by atoms with E-state index in [1.54, 1.807) is 0 Å². The van der Waals surface area contributed by atoms with Crippen LogP contribution in [-0.4, -0.2) is 22.9 Å². The van der Waals surface area contributed by atoms with Gasteiger partial charge >= 0.3 is 5.97 Å². The van der Waals surface area contributed by atoms with E-state index in [2.05, 4.69) is 29.3 Å². The van der Waals surface area contributed by atoms with Gasteiger partial charge in [0.05, 0.1) is 18.3 Å². The lowest BCUT2D eigenvalue weighted by atomic mass is 9.86. The number of hydrogen-bond acceptors (Lipinski definition) is 3. The number of nitrogens with zero attached hydrogens (tertiary/aromatic N) is 2. The minimum absolute atomic E-state index is 0.140. The van der Waals surface area contributed by atoms with E-state index in [1.165, 1.54) is 67.8 Å². The number of aromatic nitrogens is 2. The Morgan fingerprint density at radius 2 is 2.08 bits per heavy atom. The van der Waals surface area contributed by atoms with Gasteiger partial charge in [-0.25, -0.2) is 0 Å². The second kappa shape index (κ2) is 7.81. The minimum atomic E-state index is -0.140. The number of fused-ring (bicyclic) bond motifs is 1. The molecular weight excluding hydrogens is 324 g/mol. The number of benzene rings is 1. The van der Waals surface area contributed by atoms with E-state index >= 15 is 0 Å². The highest BCUT2D eigenvalue weighted by atomic mass is 16.5. The normalized spacial score (nSPS) is 18.3. The molecule has 2 aliphatic rings. The average Bonchev–Trinajstić information content (AvgIpc) is 3.42. The second-order valence-corrected chi connectivity index (χ2v) is 7.91. The van der Waals surface area contributed by atoms with Gasteiger partial charge in [-0.1, -0.05) is 31.4 Å². The van der Waals surface area contributed by atoms with Crippen molar-refractivity contribution in [1.29, 1.82) is 0 Å². The van der Waals surface area contributed by atoms with Crippen molar-refractivity contribution in [2.24, 2.45) is 5.92 Å². The molecule has 0 spiro atoms. The Hall–Kier alpha value is -1.84. The molecule has 1 aromatic heterocycles. The van der Waals surface area contributed by atoms with E-state index in [0.29, 0.717) is 12.3 Å². The fraction of sp³-hybridized carbons (Fsp3) is 0.591. The maximum absolute atomic E-state index is 11.4. The highest BCUT2D eigenvalue weighted by Crippen LogP contribution is 2.37. The van der Waals surface area contributed by atoms with Gasteiger partial charge in [-0.3, -0.25) is 9.48 Å². The summed E-state index contributed by atoms with van der Waals surface area (Å²) in [7, 11) is 1.45. The number of rotatable bonds is 7. The van der Waals surface area contributed by atoms with Crippen LogP contribution in [-0.2, 0) is 22.5 Å². The van der Waals surface area contributed by atoms with Crippen molar-refractivity contribution in [2.45, 2.75) is 70.3 Å². The molecule has 0 saturated heterocycles. The molecule has 4 heteroatoms. The van der Waals surface area contributed by atoms with Crippen LogP contribution in [0.3, 0.4) is 0 Å². The van der Waals surface area contributed by atoms with Crippen molar-refractivity contribution in [3.63, 3.8) is 0 Å². The van der Waals surface area contributed by atoms with Crippen LogP contribution in [0, 0.1) is 12.3 Å². The van der Waals surface area contributed by atoms with Crippen molar-refractivity contribution < 1.29 is 9.53 Å². The smallest absolute Gasteiger partial charge is 0.305 e. The molecule has 1 radical (unpaired) electrons. The largest absolute Gasteiger partial charge is 0.469 e. The predicted octanol–water partition coefficient (Wildman–Crippen LogP) is 4.80. The summed E-state index contributed by atoms with van der Waals surface area (Å²) in [4.78, 5) is 11.4. The summed E-state index contributed by atoms with van der Waals surface area (Å²) in [5, 5.41) is 6.35. The molecule has 26 heavy (non-hydrogen) atoms. The molecule has 4 rings (SSSR count). The van der Waals surface area contributed by atoms with Gasteiger partial charge in [0.1, 0.15) is 0 Å². The van der Waals surface area contributed by atoms with Crippen LogP contribution >= 0.6 is 0 Å². The molecular formula is C22H29N2O2. The van der Waals surface area contributed by atoms with Crippen molar-refractivity contribution in [3.8, 4) is 0 Å². The van der Waals surface area contributed by atoms with Gasteiger partial charge in [0.15, 0.2) is 0 Å². The van der Waals surface area contributed by atoms with Crippen LogP contribution in [0.4, 0.5) is 0 Å². The van der Waals surface area contributed by atoms with E-state index < -0.39 is 0 Å². The molecule has 139 valence electrons. The number of methoxy groups -OCH3 is 1. The van der Waals surface area contributed by atoms with E-state index in [4.69, 9.17) is 9.84 Å². The number of carbonyl (C=O) groups is 1. The first-order valence-electron chi connectivity index (χ1n) is 10.1. The van der Waals surface area contributed by atoms with Crippen LogP contribution in [0.2, 0.25) is 0 Å². The zero-order valence-corrected chi connectivity index (χ0v) is 15.7. The summed E-state index contributed by atoms with van der Waals surface area (Å²) in [6.45, 7) is 0.775. The van der Waals surface area contributed by atoms with Crippen LogP contribution < -0.4 is 0 Å². The fourth-order valence-electron chi connectivity index (χ4n) is 4.26. The molecule has 4 nitrogen and oxygen atoms in total. The zero-order valence-electron chi connectivity index (χ0n) is 15.7. The van der Waals surface area contributed by atoms with Gasteiger partial charge in [0.2, 0.25) is 0 Å². The molecule has 1 aromatic carbocycles. The molecule has 2 fully saturated rings. The van der Waals surface area contributed by atoms with Crippen molar-refractivity contribution in [3.05, 3.63) is 35.9 Å². The SMILES string of the molecule is COC(=O)CCCn1nc(C2CCCCC2)c2ccc(CC3[CH]C3)cc21. The third kappa shape index (κ3) is 3.94. The average molecular weight is 353 g/mol. The maximum Gasteiger partial charge on any atom is 0.305 e. The predicted molar refractivity (Wildman–Crippen MR) is 103 cm³/mol. The van der Waals surface area contributed by atoms with Gasteiger partial charge in [-0.05, 0) is 56.1 Å². The molecule has 0 aliphatic heterocycles. The van der Waals surface area contributed by atoms with Gasteiger partial charge in [0, 0.05) is 24.3 Å². The maximum atomic E-state index is 11.4. The number of aryl methyl sites for hydroxylation is 1. The van der Waals surface area contributed by atoms with Crippen LogP contribution in [0.15, 0.2) is 18.2 Å². The fourth-order valence-corrected chi connectivity index (χ4v) is 4.26. The molecule has 2 aromatic rings. The summed E-state index contributed by atoms with van der Waals surface area (Å²) in [5.41, 5.74) is 3.93. The summed E-state index contributed by atoms with van der Waals surface area (Å²) in [5.74, 6) is 1.22. The Balaban J connectivity index is 1.61. The summed E-state index contributed by atoms with van der Waals surface area (Å²) in [6, 6.07) is 6.92. The van der Waals surface area contributed by atoms with Crippen molar-refractivity contribution in [2.75, 3.05) is 7.11 Å². The molecule has 1 unspecified atom stereocenters. The lowest BCUT2D eigenvalue weighted by Crippen LogP contribution is -2.08. The Kier molecular flexibility index (Phi) is 5.28. The minimum Gasteiger partial charge on any atom is -0.469 e. The van der Waals surface area contributed by atoms with Gasteiger partial charge in [-0.2, -0.15) is 5.10 Å². The summed E-state index contributed by atoms with van der Waals surface area (Å²) < 4.78 is 6.91. The molecule has 1 atom stereocenters. The Bertz CT molecular complexity index is 770.